The maximum absolute atomic E-state index is 10.9. The fourth-order valence-corrected chi connectivity index (χ4v) is 4.22. The van der Waals surface area contributed by atoms with Crippen molar-refractivity contribution in [2.45, 2.75) is 51.7 Å². The van der Waals surface area contributed by atoms with E-state index in [2.05, 4.69) is 20.3 Å². The van der Waals surface area contributed by atoms with Crippen LogP contribution >= 0.6 is 24.0 Å². The summed E-state index contributed by atoms with van der Waals surface area (Å²) in [4.78, 5) is 20.1. The van der Waals surface area contributed by atoms with Crippen molar-refractivity contribution >= 4 is 35.6 Å². The molecule has 2 aliphatic rings. The minimum absolute atomic E-state index is 0. The van der Waals surface area contributed by atoms with E-state index < -0.39 is 0 Å². The minimum atomic E-state index is -0.375. The van der Waals surface area contributed by atoms with Gasteiger partial charge in [-0.15, -0.1) is 24.0 Å². The number of guanidine groups is 1. The highest BCUT2D eigenvalue weighted by molar-refractivity contribution is 14.0. The Balaban J connectivity index is 0.00000289. The lowest BCUT2D eigenvalue weighted by Gasteiger charge is -2.37. The van der Waals surface area contributed by atoms with Crippen molar-refractivity contribution in [2.24, 2.45) is 4.99 Å². The van der Waals surface area contributed by atoms with E-state index in [1.807, 2.05) is 13.0 Å². The minimum Gasteiger partial charge on any atom is -0.361 e. The smallest absolute Gasteiger partial charge is 0.269 e. The van der Waals surface area contributed by atoms with Crippen LogP contribution in [0.25, 0.3) is 0 Å². The number of non-ortho nitro benzene ring substituents is 1. The Hall–Kier alpha value is -2.21. The predicted molar refractivity (Wildman–Crippen MR) is 133 cm³/mol. The van der Waals surface area contributed by atoms with Gasteiger partial charge in [-0.1, -0.05) is 30.1 Å². The first kappa shape index (κ1) is 24.4. The summed E-state index contributed by atoms with van der Waals surface area (Å²) in [5, 5.41) is 18.6. The number of benzene rings is 1. The van der Waals surface area contributed by atoms with E-state index in [9.17, 15) is 10.1 Å². The number of halogens is 1. The van der Waals surface area contributed by atoms with Gasteiger partial charge >= 0.3 is 0 Å². The largest absolute Gasteiger partial charge is 0.361 e. The molecule has 1 aliphatic carbocycles. The average Bonchev–Trinajstić information content (AvgIpc) is 3.43. The third kappa shape index (κ3) is 6.64. The third-order valence-corrected chi connectivity index (χ3v) is 5.98. The number of nitrogens with one attached hydrogen (secondary N) is 1. The van der Waals surface area contributed by atoms with Gasteiger partial charge in [0.1, 0.15) is 5.76 Å². The summed E-state index contributed by atoms with van der Waals surface area (Å²) in [5.41, 5.74) is 2.05. The van der Waals surface area contributed by atoms with Gasteiger partial charge in [-0.2, -0.15) is 0 Å². The molecule has 1 aliphatic heterocycles. The Morgan fingerprint density at radius 1 is 1.22 bits per heavy atom. The summed E-state index contributed by atoms with van der Waals surface area (Å²) in [7, 11) is 0. The molecule has 1 saturated heterocycles. The zero-order valence-corrected chi connectivity index (χ0v) is 20.7. The summed E-state index contributed by atoms with van der Waals surface area (Å²) in [6, 6.07) is 9.12. The van der Waals surface area contributed by atoms with Crippen molar-refractivity contribution in [1.29, 1.82) is 0 Å². The number of nitrogens with zero attached hydrogens (tertiary/aromatic N) is 5. The highest BCUT2D eigenvalue weighted by Gasteiger charge is 2.24. The van der Waals surface area contributed by atoms with E-state index in [1.165, 1.54) is 25.7 Å². The molecular formula is C22H31IN6O3. The van der Waals surface area contributed by atoms with Gasteiger partial charge in [0, 0.05) is 57.0 Å². The van der Waals surface area contributed by atoms with Gasteiger partial charge in [-0.25, -0.2) is 4.99 Å². The molecule has 0 unspecified atom stereocenters. The quantitative estimate of drug-likeness (QED) is 0.191. The lowest BCUT2D eigenvalue weighted by molar-refractivity contribution is -0.384. The lowest BCUT2D eigenvalue weighted by Crippen LogP contribution is -2.53. The zero-order chi connectivity index (χ0) is 21.6. The molecule has 0 radical (unpaired) electrons. The molecular weight excluding hydrogens is 523 g/mol. The molecule has 2 fully saturated rings. The SMILES string of the molecule is Cc1cc(CN2CCN(C(=NCc3ccc([N+](=O)[O-])cc3)NC3CCCC3)CC2)no1.I. The normalized spacial score (nSPS) is 17.9. The summed E-state index contributed by atoms with van der Waals surface area (Å²) in [5.74, 6) is 1.79. The molecule has 1 aromatic carbocycles. The van der Waals surface area contributed by atoms with E-state index in [1.54, 1.807) is 24.3 Å². The highest BCUT2D eigenvalue weighted by atomic mass is 127. The molecule has 1 aromatic heterocycles. The summed E-state index contributed by atoms with van der Waals surface area (Å²) < 4.78 is 5.18. The monoisotopic (exact) mass is 554 g/mol. The van der Waals surface area contributed by atoms with Crippen LogP contribution in [-0.4, -0.2) is 58.1 Å². The first-order chi connectivity index (χ1) is 15.1. The van der Waals surface area contributed by atoms with Crippen molar-refractivity contribution in [1.82, 2.24) is 20.3 Å². The third-order valence-electron chi connectivity index (χ3n) is 5.98. The molecule has 174 valence electrons. The number of nitro benzene ring substituents is 1. The fourth-order valence-electron chi connectivity index (χ4n) is 4.22. The second-order valence-electron chi connectivity index (χ2n) is 8.38. The Morgan fingerprint density at radius 3 is 2.50 bits per heavy atom. The van der Waals surface area contributed by atoms with Gasteiger partial charge in [-0.3, -0.25) is 15.0 Å². The molecule has 2 aromatic rings. The van der Waals surface area contributed by atoms with E-state index in [0.717, 1.165) is 55.7 Å². The fraction of sp³-hybridized carbons (Fsp3) is 0.545. The van der Waals surface area contributed by atoms with Crippen LogP contribution in [0.5, 0.6) is 0 Å². The first-order valence-electron chi connectivity index (χ1n) is 11.0. The van der Waals surface area contributed by atoms with Crippen LogP contribution in [0.4, 0.5) is 5.69 Å². The molecule has 1 saturated carbocycles. The Kier molecular flexibility index (Phi) is 8.85. The molecule has 2 heterocycles. The van der Waals surface area contributed by atoms with Crippen LogP contribution in [0.15, 0.2) is 39.8 Å². The summed E-state index contributed by atoms with van der Waals surface area (Å²) >= 11 is 0. The maximum atomic E-state index is 10.9. The first-order valence-corrected chi connectivity index (χ1v) is 11.0. The van der Waals surface area contributed by atoms with Crippen LogP contribution in [-0.2, 0) is 13.1 Å². The number of piperazine rings is 1. The highest BCUT2D eigenvalue weighted by Crippen LogP contribution is 2.19. The summed E-state index contributed by atoms with van der Waals surface area (Å²) in [6.45, 7) is 6.90. The number of aryl methyl sites for hydroxylation is 1. The second kappa shape index (κ2) is 11.6. The molecule has 0 bridgehead atoms. The Morgan fingerprint density at radius 2 is 1.91 bits per heavy atom. The van der Waals surface area contributed by atoms with Gasteiger partial charge in [0.05, 0.1) is 17.2 Å². The number of aromatic nitrogens is 1. The topological polar surface area (TPSA) is 100 Å². The number of rotatable bonds is 6. The molecule has 0 atom stereocenters. The average molecular weight is 554 g/mol. The molecule has 0 amide bonds. The van der Waals surface area contributed by atoms with E-state index in [4.69, 9.17) is 9.52 Å². The number of aliphatic imine (C=N–C) groups is 1. The van der Waals surface area contributed by atoms with Crippen molar-refractivity contribution < 1.29 is 9.45 Å². The maximum Gasteiger partial charge on any atom is 0.269 e. The molecule has 1 N–H and O–H groups in total. The van der Waals surface area contributed by atoms with E-state index in [-0.39, 0.29) is 34.6 Å². The van der Waals surface area contributed by atoms with Gasteiger partial charge in [-0.05, 0) is 25.3 Å². The van der Waals surface area contributed by atoms with Crippen LogP contribution in [0.3, 0.4) is 0 Å². The predicted octanol–water partition coefficient (Wildman–Crippen LogP) is 3.72. The lowest BCUT2D eigenvalue weighted by atomic mass is 10.2. The van der Waals surface area contributed by atoms with Gasteiger partial charge in [0.15, 0.2) is 5.96 Å². The van der Waals surface area contributed by atoms with Gasteiger partial charge < -0.3 is 14.7 Å². The van der Waals surface area contributed by atoms with Gasteiger partial charge in [0.2, 0.25) is 0 Å². The van der Waals surface area contributed by atoms with Crippen molar-refractivity contribution in [3.05, 3.63) is 57.5 Å². The molecule has 0 spiro atoms. The van der Waals surface area contributed by atoms with Crippen LogP contribution in [0, 0.1) is 17.0 Å². The molecule has 4 rings (SSSR count). The zero-order valence-electron chi connectivity index (χ0n) is 18.4. The van der Waals surface area contributed by atoms with E-state index in [0.29, 0.717) is 12.6 Å². The standard InChI is InChI=1S/C22H30N6O3.HI/c1-17-14-20(25-31-17)16-26-10-12-27(13-11-26)22(24-19-4-2-3-5-19)23-15-18-6-8-21(9-7-18)28(29)30;/h6-9,14,19H,2-5,10-13,15-16H2,1H3,(H,23,24);1H. The van der Waals surface area contributed by atoms with E-state index >= 15 is 0 Å². The van der Waals surface area contributed by atoms with Crippen LogP contribution < -0.4 is 5.32 Å². The summed E-state index contributed by atoms with van der Waals surface area (Å²) in [6.07, 6.45) is 4.89. The van der Waals surface area contributed by atoms with Crippen molar-refractivity contribution in [2.75, 3.05) is 26.2 Å². The number of hydrogen-bond donors (Lipinski definition) is 1. The van der Waals surface area contributed by atoms with Crippen molar-refractivity contribution in [3.8, 4) is 0 Å². The molecule has 10 heteroatoms. The number of nitro groups is 1. The Bertz CT molecular complexity index is 903. The Labute approximate surface area is 205 Å². The van der Waals surface area contributed by atoms with Crippen LogP contribution in [0.1, 0.15) is 42.7 Å². The van der Waals surface area contributed by atoms with Gasteiger partial charge in [0.25, 0.3) is 5.69 Å². The molecule has 32 heavy (non-hydrogen) atoms. The van der Waals surface area contributed by atoms with Crippen LogP contribution in [0.2, 0.25) is 0 Å². The van der Waals surface area contributed by atoms with Crippen molar-refractivity contribution in [3.63, 3.8) is 0 Å². The number of hydrogen-bond acceptors (Lipinski definition) is 6. The molecule has 9 nitrogen and oxygen atoms in total. The second-order valence-corrected chi connectivity index (χ2v) is 8.38.